The van der Waals surface area contributed by atoms with Gasteiger partial charge in [0.2, 0.25) is 0 Å². The van der Waals surface area contributed by atoms with E-state index in [2.05, 4.69) is 66.5 Å². The van der Waals surface area contributed by atoms with E-state index in [-0.39, 0.29) is 6.04 Å². The molecule has 0 amide bonds. The second kappa shape index (κ2) is 7.75. The summed E-state index contributed by atoms with van der Waals surface area (Å²) in [5, 5.41) is 0.775. The molecule has 0 heterocycles. The largest absolute Gasteiger partial charge is 0.374 e. The molecule has 0 radical (unpaired) electrons. The summed E-state index contributed by atoms with van der Waals surface area (Å²) in [7, 11) is 2.15. The molecular formula is C24H25ClN2. The molecule has 2 atom stereocenters. The van der Waals surface area contributed by atoms with Gasteiger partial charge in [-0.1, -0.05) is 60.1 Å². The van der Waals surface area contributed by atoms with E-state index in [1.165, 1.54) is 27.9 Å². The van der Waals surface area contributed by atoms with Gasteiger partial charge in [0.1, 0.15) is 0 Å². The molecule has 0 aliphatic heterocycles. The van der Waals surface area contributed by atoms with Gasteiger partial charge in [0.15, 0.2) is 0 Å². The van der Waals surface area contributed by atoms with Crippen molar-refractivity contribution in [2.24, 2.45) is 5.73 Å². The van der Waals surface area contributed by atoms with E-state index in [1.807, 2.05) is 18.2 Å². The third kappa shape index (κ3) is 3.87. The SMILES string of the molecule is CN(CCc1ccccc1)c1ccc2c(c1)C(N)C(c1cccc(Cl)c1)C2. The van der Waals surface area contributed by atoms with Crippen LogP contribution in [0, 0.1) is 0 Å². The van der Waals surface area contributed by atoms with Gasteiger partial charge < -0.3 is 10.6 Å². The standard InChI is InChI=1S/C24H25ClN2/c1-27(13-12-17-6-3-2-4-7-17)21-11-10-19-15-22(24(26)23(19)16-21)18-8-5-9-20(25)14-18/h2-11,14,16,22,24H,12-13,15,26H2,1H3. The van der Waals surface area contributed by atoms with Crippen LogP contribution in [0.1, 0.15) is 34.2 Å². The van der Waals surface area contributed by atoms with Crippen molar-refractivity contribution in [1.82, 2.24) is 0 Å². The van der Waals surface area contributed by atoms with E-state index < -0.39 is 0 Å². The van der Waals surface area contributed by atoms with Crippen molar-refractivity contribution in [2.45, 2.75) is 24.8 Å². The average Bonchev–Trinajstić information content (AvgIpc) is 3.03. The van der Waals surface area contributed by atoms with Crippen LogP contribution in [0.2, 0.25) is 5.02 Å². The van der Waals surface area contributed by atoms with Crippen molar-refractivity contribution in [1.29, 1.82) is 0 Å². The highest BCUT2D eigenvalue weighted by molar-refractivity contribution is 6.30. The maximum Gasteiger partial charge on any atom is 0.0408 e. The molecule has 1 aliphatic carbocycles. The van der Waals surface area contributed by atoms with E-state index in [0.717, 1.165) is 24.4 Å². The van der Waals surface area contributed by atoms with Crippen LogP contribution in [-0.4, -0.2) is 13.6 Å². The third-order valence-electron chi connectivity index (χ3n) is 5.66. The summed E-state index contributed by atoms with van der Waals surface area (Å²) in [6.45, 7) is 0.982. The third-order valence-corrected chi connectivity index (χ3v) is 5.89. The predicted octanol–water partition coefficient (Wildman–Crippen LogP) is 5.36. The van der Waals surface area contributed by atoms with Crippen LogP contribution >= 0.6 is 11.6 Å². The van der Waals surface area contributed by atoms with Gasteiger partial charge in [-0.2, -0.15) is 0 Å². The molecule has 2 N–H and O–H groups in total. The summed E-state index contributed by atoms with van der Waals surface area (Å²) in [5.74, 6) is 0.295. The van der Waals surface area contributed by atoms with Crippen LogP contribution in [0.4, 0.5) is 5.69 Å². The van der Waals surface area contributed by atoms with Crippen molar-refractivity contribution in [3.63, 3.8) is 0 Å². The molecule has 0 fully saturated rings. The summed E-state index contributed by atoms with van der Waals surface area (Å²) in [6, 6.07) is 25.5. The van der Waals surface area contributed by atoms with Crippen molar-refractivity contribution in [2.75, 3.05) is 18.5 Å². The highest BCUT2D eigenvalue weighted by atomic mass is 35.5. The number of nitrogens with two attached hydrogens (primary N) is 1. The summed E-state index contributed by atoms with van der Waals surface area (Å²) in [6.07, 6.45) is 2.01. The number of halogens is 1. The summed E-state index contributed by atoms with van der Waals surface area (Å²) >= 11 is 6.19. The Labute approximate surface area is 166 Å². The predicted molar refractivity (Wildman–Crippen MR) is 115 cm³/mol. The molecule has 0 spiro atoms. The molecule has 3 heteroatoms. The lowest BCUT2D eigenvalue weighted by Gasteiger charge is -2.21. The van der Waals surface area contributed by atoms with Crippen molar-refractivity contribution in [3.05, 3.63) is 100 Å². The first-order valence-electron chi connectivity index (χ1n) is 9.51. The van der Waals surface area contributed by atoms with Gasteiger partial charge in [-0.3, -0.25) is 0 Å². The molecular weight excluding hydrogens is 352 g/mol. The van der Waals surface area contributed by atoms with Crippen molar-refractivity contribution >= 4 is 17.3 Å². The second-order valence-corrected chi connectivity index (χ2v) is 7.87. The molecule has 1 aliphatic rings. The Balaban J connectivity index is 1.50. The quantitative estimate of drug-likeness (QED) is 0.649. The van der Waals surface area contributed by atoms with Crippen molar-refractivity contribution < 1.29 is 0 Å². The smallest absolute Gasteiger partial charge is 0.0408 e. The lowest BCUT2D eigenvalue weighted by Crippen LogP contribution is -2.21. The van der Waals surface area contributed by atoms with Crippen LogP contribution < -0.4 is 10.6 Å². The number of nitrogens with zero attached hydrogens (tertiary/aromatic N) is 1. The van der Waals surface area contributed by atoms with Gasteiger partial charge in [0.25, 0.3) is 0 Å². The average molecular weight is 377 g/mol. The zero-order valence-corrected chi connectivity index (χ0v) is 16.4. The lowest BCUT2D eigenvalue weighted by atomic mass is 9.93. The van der Waals surface area contributed by atoms with Crippen LogP contribution in [-0.2, 0) is 12.8 Å². The van der Waals surface area contributed by atoms with Crippen molar-refractivity contribution in [3.8, 4) is 0 Å². The van der Waals surface area contributed by atoms with Gasteiger partial charge in [-0.05, 0) is 59.4 Å². The van der Waals surface area contributed by atoms with Gasteiger partial charge in [0, 0.05) is 36.3 Å². The fraction of sp³-hybridized carbons (Fsp3) is 0.250. The van der Waals surface area contributed by atoms with Gasteiger partial charge in [-0.15, -0.1) is 0 Å². The fourth-order valence-corrected chi connectivity index (χ4v) is 4.23. The Bertz CT molecular complexity index is 923. The monoisotopic (exact) mass is 376 g/mol. The topological polar surface area (TPSA) is 29.3 Å². The number of hydrogen-bond acceptors (Lipinski definition) is 2. The zero-order valence-electron chi connectivity index (χ0n) is 15.6. The Morgan fingerprint density at radius 1 is 1.00 bits per heavy atom. The maximum absolute atomic E-state index is 6.65. The van der Waals surface area contributed by atoms with E-state index >= 15 is 0 Å². The van der Waals surface area contributed by atoms with Gasteiger partial charge in [0.05, 0.1) is 0 Å². The van der Waals surface area contributed by atoms with Crippen LogP contribution in [0.25, 0.3) is 0 Å². The van der Waals surface area contributed by atoms with Crippen LogP contribution in [0.3, 0.4) is 0 Å². The molecule has 3 aromatic rings. The van der Waals surface area contributed by atoms with Crippen LogP contribution in [0.15, 0.2) is 72.8 Å². The fourth-order valence-electron chi connectivity index (χ4n) is 4.03. The minimum atomic E-state index is 0.0148. The summed E-state index contributed by atoms with van der Waals surface area (Å²) < 4.78 is 0. The first-order chi connectivity index (χ1) is 13.1. The highest BCUT2D eigenvalue weighted by Gasteiger charge is 2.31. The van der Waals surface area contributed by atoms with E-state index in [9.17, 15) is 0 Å². The minimum Gasteiger partial charge on any atom is -0.374 e. The number of likely N-dealkylation sites (N-methyl/N-ethyl adjacent to an activating group) is 1. The molecule has 138 valence electrons. The molecule has 3 aromatic carbocycles. The van der Waals surface area contributed by atoms with E-state index in [0.29, 0.717) is 5.92 Å². The normalized spacial score (nSPS) is 18.3. The number of hydrogen-bond donors (Lipinski definition) is 1. The molecule has 27 heavy (non-hydrogen) atoms. The number of rotatable bonds is 5. The van der Waals surface area contributed by atoms with Gasteiger partial charge >= 0.3 is 0 Å². The Morgan fingerprint density at radius 2 is 1.81 bits per heavy atom. The molecule has 4 rings (SSSR count). The molecule has 0 saturated carbocycles. The first-order valence-corrected chi connectivity index (χ1v) is 9.88. The highest BCUT2D eigenvalue weighted by Crippen LogP contribution is 2.42. The first kappa shape index (κ1) is 18.1. The number of benzene rings is 3. The number of fused-ring (bicyclic) bond motifs is 1. The molecule has 2 unspecified atom stereocenters. The van der Waals surface area contributed by atoms with Gasteiger partial charge in [-0.25, -0.2) is 0 Å². The zero-order chi connectivity index (χ0) is 18.8. The summed E-state index contributed by atoms with van der Waals surface area (Å²) in [5.41, 5.74) is 13.1. The summed E-state index contributed by atoms with van der Waals surface area (Å²) in [4.78, 5) is 2.31. The Kier molecular flexibility index (Phi) is 5.20. The maximum atomic E-state index is 6.65. The van der Waals surface area contributed by atoms with E-state index in [4.69, 9.17) is 17.3 Å². The van der Waals surface area contributed by atoms with E-state index in [1.54, 1.807) is 0 Å². The minimum absolute atomic E-state index is 0.0148. The molecule has 2 nitrogen and oxygen atoms in total. The second-order valence-electron chi connectivity index (χ2n) is 7.43. The molecule has 0 bridgehead atoms. The molecule has 0 aromatic heterocycles. The molecule has 0 saturated heterocycles. The Morgan fingerprint density at radius 3 is 2.59 bits per heavy atom. The van der Waals surface area contributed by atoms with Crippen LogP contribution in [0.5, 0.6) is 0 Å². The number of anilines is 1. The lowest BCUT2D eigenvalue weighted by molar-refractivity contribution is 0.602. The Hall–Kier alpha value is -2.29.